The summed E-state index contributed by atoms with van der Waals surface area (Å²) in [6.45, 7) is 2.95. The van der Waals surface area contributed by atoms with Crippen molar-refractivity contribution in [1.82, 2.24) is 10.3 Å². The van der Waals surface area contributed by atoms with E-state index in [9.17, 15) is 14.5 Å². The van der Waals surface area contributed by atoms with Crippen molar-refractivity contribution in [1.29, 1.82) is 0 Å². The molecule has 0 fully saturated rings. The predicted molar refractivity (Wildman–Crippen MR) is 72.6 cm³/mol. The first-order valence-corrected chi connectivity index (χ1v) is 6.12. The molecule has 104 valence electrons. The highest BCUT2D eigenvalue weighted by Crippen LogP contribution is 2.17. The average molecular weight is 275 g/mol. The van der Waals surface area contributed by atoms with E-state index in [0.717, 1.165) is 11.3 Å². The number of pyridine rings is 1. The van der Waals surface area contributed by atoms with Crippen molar-refractivity contribution in [3.8, 4) is 0 Å². The Morgan fingerprint density at radius 2 is 2.15 bits per heavy atom. The molecule has 0 saturated heterocycles. The molecule has 0 atom stereocenters. The fourth-order valence-electron chi connectivity index (χ4n) is 1.84. The monoisotopic (exact) mass is 275 g/mol. The van der Waals surface area contributed by atoms with Gasteiger partial charge in [-0.3, -0.25) is 15.1 Å². The Hall–Kier alpha value is -2.34. The SMILES string of the molecule is Cc1cccnc1CNCc1ccc([N+](=O)[O-])c(F)c1. The van der Waals surface area contributed by atoms with Gasteiger partial charge < -0.3 is 5.32 Å². The molecule has 0 radical (unpaired) electrons. The molecule has 5 nitrogen and oxygen atoms in total. The Labute approximate surface area is 115 Å². The molecule has 1 heterocycles. The third-order valence-corrected chi connectivity index (χ3v) is 2.95. The Balaban J connectivity index is 1.97. The summed E-state index contributed by atoms with van der Waals surface area (Å²) in [5, 5.41) is 13.6. The van der Waals surface area contributed by atoms with Crippen molar-refractivity contribution < 1.29 is 9.31 Å². The number of nitrogens with one attached hydrogen (secondary N) is 1. The molecule has 1 N–H and O–H groups in total. The van der Waals surface area contributed by atoms with Crippen LogP contribution in [0.2, 0.25) is 0 Å². The van der Waals surface area contributed by atoms with Gasteiger partial charge in [-0.25, -0.2) is 0 Å². The zero-order chi connectivity index (χ0) is 14.5. The topological polar surface area (TPSA) is 68.1 Å². The van der Waals surface area contributed by atoms with Crippen molar-refractivity contribution in [3.63, 3.8) is 0 Å². The number of aryl methyl sites for hydroxylation is 1. The molecule has 2 rings (SSSR count). The number of hydrogen-bond acceptors (Lipinski definition) is 4. The maximum atomic E-state index is 13.4. The molecule has 0 spiro atoms. The molecule has 0 amide bonds. The van der Waals surface area contributed by atoms with E-state index >= 15 is 0 Å². The number of nitrogens with zero attached hydrogens (tertiary/aromatic N) is 2. The number of aromatic nitrogens is 1. The van der Waals surface area contributed by atoms with Gasteiger partial charge in [-0.2, -0.15) is 4.39 Å². The first kappa shape index (κ1) is 14.1. The first-order valence-electron chi connectivity index (χ1n) is 6.12. The van der Waals surface area contributed by atoms with Gasteiger partial charge in [0.05, 0.1) is 10.6 Å². The van der Waals surface area contributed by atoms with Crippen LogP contribution in [0.1, 0.15) is 16.8 Å². The third-order valence-electron chi connectivity index (χ3n) is 2.95. The van der Waals surface area contributed by atoms with Gasteiger partial charge in [0.15, 0.2) is 0 Å². The third kappa shape index (κ3) is 3.36. The quantitative estimate of drug-likeness (QED) is 0.673. The van der Waals surface area contributed by atoms with Crippen LogP contribution < -0.4 is 5.32 Å². The molecule has 20 heavy (non-hydrogen) atoms. The molecular formula is C14H14FN3O2. The van der Waals surface area contributed by atoms with Gasteiger partial charge in [0.1, 0.15) is 0 Å². The lowest BCUT2D eigenvalue weighted by atomic mass is 10.2. The van der Waals surface area contributed by atoms with Crippen molar-refractivity contribution in [2.75, 3.05) is 0 Å². The highest BCUT2D eigenvalue weighted by molar-refractivity contribution is 5.35. The minimum atomic E-state index is -0.816. The van der Waals surface area contributed by atoms with E-state index in [2.05, 4.69) is 10.3 Å². The summed E-state index contributed by atoms with van der Waals surface area (Å²) < 4.78 is 13.4. The summed E-state index contributed by atoms with van der Waals surface area (Å²) in [6.07, 6.45) is 1.72. The van der Waals surface area contributed by atoms with Crippen LogP contribution in [0, 0.1) is 22.9 Å². The fraction of sp³-hybridized carbons (Fsp3) is 0.214. The normalized spacial score (nSPS) is 10.5. The Morgan fingerprint density at radius 3 is 2.80 bits per heavy atom. The minimum Gasteiger partial charge on any atom is -0.307 e. The lowest BCUT2D eigenvalue weighted by Gasteiger charge is -2.07. The summed E-state index contributed by atoms with van der Waals surface area (Å²) in [6, 6.07) is 7.73. The molecule has 0 bridgehead atoms. The van der Waals surface area contributed by atoms with Crippen molar-refractivity contribution in [3.05, 3.63) is 69.3 Å². The summed E-state index contributed by atoms with van der Waals surface area (Å²) in [7, 11) is 0. The number of halogens is 1. The maximum absolute atomic E-state index is 13.4. The summed E-state index contributed by atoms with van der Waals surface area (Å²) in [4.78, 5) is 14.0. The number of nitro groups is 1. The van der Waals surface area contributed by atoms with Crippen LogP contribution in [0.3, 0.4) is 0 Å². The van der Waals surface area contributed by atoms with Crippen LogP contribution in [0.4, 0.5) is 10.1 Å². The number of benzene rings is 1. The van der Waals surface area contributed by atoms with Gasteiger partial charge in [0.2, 0.25) is 5.82 Å². The lowest BCUT2D eigenvalue weighted by Crippen LogP contribution is -2.14. The molecule has 1 aromatic carbocycles. The van der Waals surface area contributed by atoms with E-state index < -0.39 is 16.4 Å². The van der Waals surface area contributed by atoms with Gasteiger partial charge in [-0.15, -0.1) is 0 Å². The first-order chi connectivity index (χ1) is 9.58. The number of hydrogen-bond donors (Lipinski definition) is 1. The summed E-state index contributed by atoms with van der Waals surface area (Å²) in [5.74, 6) is -0.816. The second kappa shape index (κ2) is 6.21. The van der Waals surface area contributed by atoms with E-state index in [1.165, 1.54) is 12.1 Å². The van der Waals surface area contributed by atoms with Gasteiger partial charge >= 0.3 is 5.69 Å². The van der Waals surface area contributed by atoms with Crippen LogP contribution in [-0.4, -0.2) is 9.91 Å². The highest BCUT2D eigenvalue weighted by atomic mass is 19.1. The van der Waals surface area contributed by atoms with Crippen LogP contribution in [0.5, 0.6) is 0 Å². The maximum Gasteiger partial charge on any atom is 0.304 e. The van der Waals surface area contributed by atoms with Crippen molar-refractivity contribution in [2.24, 2.45) is 0 Å². The zero-order valence-corrected chi connectivity index (χ0v) is 11.0. The summed E-state index contributed by atoms with van der Waals surface area (Å²) in [5.41, 5.74) is 2.15. The van der Waals surface area contributed by atoms with Crippen molar-refractivity contribution in [2.45, 2.75) is 20.0 Å². The van der Waals surface area contributed by atoms with Gasteiger partial charge in [-0.05, 0) is 30.2 Å². The summed E-state index contributed by atoms with van der Waals surface area (Å²) >= 11 is 0. The molecule has 0 aliphatic heterocycles. The molecule has 0 aliphatic carbocycles. The van der Waals surface area contributed by atoms with Crippen LogP contribution in [0.25, 0.3) is 0 Å². The molecule has 2 aromatic rings. The molecule has 0 unspecified atom stereocenters. The molecule has 1 aromatic heterocycles. The van der Waals surface area contributed by atoms with Gasteiger partial charge in [-0.1, -0.05) is 12.1 Å². The van der Waals surface area contributed by atoms with Gasteiger partial charge in [0, 0.05) is 25.4 Å². The predicted octanol–water partition coefficient (Wildman–Crippen LogP) is 2.73. The molecular weight excluding hydrogens is 261 g/mol. The Kier molecular flexibility index (Phi) is 4.37. The second-order valence-electron chi connectivity index (χ2n) is 4.41. The number of rotatable bonds is 5. The van der Waals surface area contributed by atoms with Crippen molar-refractivity contribution >= 4 is 5.69 Å². The van der Waals surface area contributed by atoms with E-state index in [0.29, 0.717) is 18.7 Å². The van der Waals surface area contributed by atoms with E-state index in [1.807, 2.05) is 19.1 Å². The zero-order valence-electron chi connectivity index (χ0n) is 11.0. The standard InChI is InChI=1S/C14H14FN3O2/c1-10-3-2-6-17-13(10)9-16-8-11-4-5-14(18(19)20)12(15)7-11/h2-7,16H,8-9H2,1H3. The van der Waals surface area contributed by atoms with Gasteiger partial charge in [0.25, 0.3) is 0 Å². The van der Waals surface area contributed by atoms with Crippen LogP contribution >= 0.6 is 0 Å². The van der Waals surface area contributed by atoms with E-state index in [-0.39, 0.29) is 0 Å². The lowest BCUT2D eigenvalue weighted by molar-refractivity contribution is -0.387. The molecule has 0 aliphatic rings. The Bertz CT molecular complexity index is 632. The van der Waals surface area contributed by atoms with Crippen LogP contribution in [-0.2, 0) is 13.1 Å². The fourth-order valence-corrected chi connectivity index (χ4v) is 1.84. The minimum absolute atomic E-state index is 0.422. The average Bonchev–Trinajstić information content (AvgIpc) is 2.40. The van der Waals surface area contributed by atoms with E-state index in [4.69, 9.17) is 0 Å². The largest absolute Gasteiger partial charge is 0.307 e. The molecule has 0 saturated carbocycles. The highest BCUT2D eigenvalue weighted by Gasteiger charge is 2.13. The van der Waals surface area contributed by atoms with E-state index in [1.54, 1.807) is 12.3 Å². The molecule has 6 heteroatoms. The second-order valence-corrected chi connectivity index (χ2v) is 4.41. The number of nitro benzene ring substituents is 1. The smallest absolute Gasteiger partial charge is 0.304 e. The Morgan fingerprint density at radius 1 is 1.35 bits per heavy atom. The van der Waals surface area contributed by atoms with Crippen LogP contribution in [0.15, 0.2) is 36.5 Å².